The van der Waals surface area contributed by atoms with Crippen LogP contribution >= 0.6 is 11.6 Å². The second-order valence-electron chi connectivity index (χ2n) is 7.19. The van der Waals surface area contributed by atoms with E-state index in [0.29, 0.717) is 42.5 Å². The Bertz CT molecular complexity index is 994. The first kappa shape index (κ1) is 19.9. The van der Waals surface area contributed by atoms with Crippen LogP contribution in [0.1, 0.15) is 30.2 Å². The summed E-state index contributed by atoms with van der Waals surface area (Å²) in [7, 11) is 3.57. The number of hydrogen-bond acceptors (Lipinski definition) is 7. The van der Waals surface area contributed by atoms with Crippen LogP contribution in [0.2, 0.25) is 5.02 Å². The quantitative estimate of drug-likeness (QED) is 0.518. The summed E-state index contributed by atoms with van der Waals surface area (Å²) in [5, 5.41) is 9.79. The second-order valence-corrected chi connectivity index (χ2v) is 7.60. The smallest absolute Gasteiger partial charge is 0.244 e. The summed E-state index contributed by atoms with van der Waals surface area (Å²) in [5.41, 5.74) is 1.49. The predicted molar refractivity (Wildman–Crippen MR) is 110 cm³/mol. The van der Waals surface area contributed by atoms with E-state index in [2.05, 4.69) is 20.1 Å². The molecule has 3 aromatic heterocycles. The lowest BCUT2D eigenvalue weighted by Gasteiger charge is -2.10. The number of halogens is 1. The highest BCUT2D eigenvalue weighted by Gasteiger charge is 2.19. The molecule has 0 unspecified atom stereocenters. The normalized spacial score (nSPS) is 14.3. The van der Waals surface area contributed by atoms with Gasteiger partial charge in [-0.15, -0.1) is 5.10 Å². The van der Waals surface area contributed by atoms with Crippen molar-refractivity contribution in [2.45, 2.75) is 32.6 Å². The number of fused-ring (bicyclic) bond motifs is 1. The monoisotopic (exact) mass is 419 g/mol. The van der Waals surface area contributed by atoms with Gasteiger partial charge in [0, 0.05) is 46.2 Å². The van der Waals surface area contributed by atoms with Crippen molar-refractivity contribution in [1.29, 1.82) is 0 Å². The molecule has 1 aliphatic rings. The third-order valence-electron chi connectivity index (χ3n) is 5.14. The fraction of sp³-hybridized carbons (Fsp3) is 0.579. The molecular weight excluding hydrogens is 394 g/mol. The molecule has 10 heteroatoms. The van der Waals surface area contributed by atoms with E-state index < -0.39 is 0 Å². The summed E-state index contributed by atoms with van der Waals surface area (Å²) < 4.78 is 14.4. The minimum Gasteiger partial charge on any atom is -0.487 e. The number of methoxy groups -OCH3 is 1. The van der Waals surface area contributed by atoms with Crippen molar-refractivity contribution in [1.82, 2.24) is 29.4 Å². The zero-order valence-electron chi connectivity index (χ0n) is 17.1. The number of ether oxygens (including phenoxy) is 2. The average Bonchev–Trinajstić information content (AvgIpc) is 3.44. The predicted octanol–water partition coefficient (Wildman–Crippen LogP) is 2.23. The molecule has 0 aromatic carbocycles. The zero-order chi connectivity index (χ0) is 20.4. The van der Waals surface area contributed by atoms with Gasteiger partial charge in [-0.05, 0) is 19.8 Å². The lowest BCUT2D eigenvalue weighted by molar-refractivity contribution is 0.147. The number of pyridine rings is 1. The van der Waals surface area contributed by atoms with Crippen LogP contribution < -0.4 is 9.64 Å². The van der Waals surface area contributed by atoms with Gasteiger partial charge in [-0.3, -0.25) is 4.68 Å². The molecule has 156 valence electrons. The summed E-state index contributed by atoms with van der Waals surface area (Å²) in [6.07, 6.45) is 3.77. The van der Waals surface area contributed by atoms with Gasteiger partial charge in [0.25, 0.3) is 0 Å². The maximum absolute atomic E-state index is 6.35. The largest absolute Gasteiger partial charge is 0.487 e. The summed E-state index contributed by atoms with van der Waals surface area (Å²) in [6.45, 7) is 4.89. The molecule has 1 aliphatic heterocycles. The van der Waals surface area contributed by atoms with Gasteiger partial charge < -0.3 is 14.4 Å². The molecular formula is C19H26ClN7O2. The first-order valence-electron chi connectivity index (χ1n) is 9.88. The van der Waals surface area contributed by atoms with Crippen molar-refractivity contribution in [2.24, 2.45) is 7.05 Å². The first-order chi connectivity index (χ1) is 14.1. The first-order valence-corrected chi connectivity index (χ1v) is 10.3. The number of rotatable bonds is 8. The Morgan fingerprint density at radius 2 is 1.90 bits per heavy atom. The summed E-state index contributed by atoms with van der Waals surface area (Å²) in [5.74, 6) is 3.07. The van der Waals surface area contributed by atoms with Gasteiger partial charge in [-0.1, -0.05) is 11.6 Å². The van der Waals surface area contributed by atoms with E-state index in [4.69, 9.17) is 26.1 Å². The Labute approximate surface area is 174 Å². The molecule has 0 saturated carbocycles. The Balaban J connectivity index is 1.52. The van der Waals surface area contributed by atoms with Crippen molar-refractivity contribution in [3.05, 3.63) is 28.4 Å². The van der Waals surface area contributed by atoms with Gasteiger partial charge in [0.05, 0.1) is 17.3 Å². The van der Waals surface area contributed by atoms with Gasteiger partial charge >= 0.3 is 0 Å². The van der Waals surface area contributed by atoms with Crippen LogP contribution in [0.5, 0.6) is 5.75 Å². The van der Waals surface area contributed by atoms with Crippen LogP contribution in [0.4, 0.5) is 5.95 Å². The highest BCUT2D eigenvalue weighted by atomic mass is 35.5. The van der Waals surface area contributed by atoms with Crippen LogP contribution in [0.25, 0.3) is 5.65 Å². The molecule has 4 heterocycles. The molecule has 29 heavy (non-hydrogen) atoms. The third kappa shape index (κ3) is 4.16. The second kappa shape index (κ2) is 8.54. The van der Waals surface area contributed by atoms with Crippen LogP contribution in [-0.2, 0) is 24.6 Å². The molecule has 0 spiro atoms. The van der Waals surface area contributed by atoms with Gasteiger partial charge in [-0.25, -0.2) is 9.50 Å². The molecule has 3 aromatic rings. The molecule has 1 saturated heterocycles. The van der Waals surface area contributed by atoms with Crippen LogP contribution in [0, 0.1) is 6.92 Å². The standard InChI is InChI=1S/C19H26ClN7O2/c1-13-14(20)12-15(29-11-10-28-3)18-21-16(23-27(13)18)6-7-17-22-19(24-25(17)2)26-8-4-5-9-26/h12H,4-11H2,1-3H3. The SMILES string of the molecule is COCCOc1cc(Cl)c(C)n2nc(CCc3nc(N4CCCC4)nn3C)nc12. The molecule has 0 atom stereocenters. The van der Waals surface area contributed by atoms with Gasteiger partial charge in [0.2, 0.25) is 5.95 Å². The fourth-order valence-electron chi connectivity index (χ4n) is 3.47. The molecule has 9 nitrogen and oxygen atoms in total. The zero-order valence-corrected chi connectivity index (χ0v) is 17.8. The minimum absolute atomic E-state index is 0.423. The highest BCUT2D eigenvalue weighted by molar-refractivity contribution is 6.31. The number of nitrogens with zero attached hydrogens (tertiary/aromatic N) is 7. The number of aromatic nitrogens is 6. The molecule has 0 N–H and O–H groups in total. The highest BCUT2D eigenvalue weighted by Crippen LogP contribution is 2.27. The summed E-state index contributed by atoms with van der Waals surface area (Å²) >= 11 is 6.35. The molecule has 0 bridgehead atoms. The minimum atomic E-state index is 0.423. The van der Waals surface area contributed by atoms with Crippen molar-refractivity contribution in [2.75, 3.05) is 38.3 Å². The lowest BCUT2D eigenvalue weighted by Crippen LogP contribution is -2.19. The van der Waals surface area contributed by atoms with E-state index in [-0.39, 0.29) is 0 Å². The van der Waals surface area contributed by atoms with Crippen molar-refractivity contribution < 1.29 is 9.47 Å². The topological polar surface area (TPSA) is 82.6 Å². The van der Waals surface area contributed by atoms with E-state index in [9.17, 15) is 0 Å². The Morgan fingerprint density at radius 3 is 2.66 bits per heavy atom. The fourth-order valence-corrected chi connectivity index (χ4v) is 3.65. The Hall–Kier alpha value is -2.39. The van der Waals surface area contributed by atoms with Crippen LogP contribution in [0.3, 0.4) is 0 Å². The molecule has 0 amide bonds. The van der Waals surface area contributed by atoms with Crippen molar-refractivity contribution in [3.8, 4) is 5.75 Å². The summed E-state index contributed by atoms with van der Waals surface area (Å²) in [4.78, 5) is 11.6. The maximum Gasteiger partial charge on any atom is 0.244 e. The van der Waals surface area contributed by atoms with Crippen molar-refractivity contribution >= 4 is 23.2 Å². The van der Waals surface area contributed by atoms with E-state index >= 15 is 0 Å². The number of anilines is 1. The Kier molecular flexibility index (Phi) is 5.86. The van der Waals surface area contributed by atoms with Gasteiger partial charge in [0.15, 0.2) is 17.2 Å². The van der Waals surface area contributed by atoms with E-state index in [1.54, 1.807) is 17.7 Å². The van der Waals surface area contributed by atoms with Crippen LogP contribution in [0.15, 0.2) is 6.07 Å². The van der Waals surface area contributed by atoms with E-state index in [1.807, 2.05) is 18.7 Å². The van der Waals surface area contributed by atoms with Crippen LogP contribution in [-0.4, -0.2) is 62.8 Å². The van der Waals surface area contributed by atoms with Gasteiger partial charge in [0.1, 0.15) is 12.4 Å². The Morgan fingerprint density at radius 1 is 1.10 bits per heavy atom. The van der Waals surface area contributed by atoms with E-state index in [1.165, 1.54) is 12.8 Å². The molecule has 4 rings (SSSR count). The van der Waals surface area contributed by atoms with E-state index in [0.717, 1.165) is 36.4 Å². The molecule has 1 fully saturated rings. The van der Waals surface area contributed by atoms with Gasteiger partial charge in [-0.2, -0.15) is 10.1 Å². The third-order valence-corrected chi connectivity index (χ3v) is 5.52. The maximum atomic E-state index is 6.35. The number of aryl methyl sites for hydroxylation is 4. The molecule has 0 aliphatic carbocycles. The average molecular weight is 420 g/mol. The van der Waals surface area contributed by atoms with Crippen molar-refractivity contribution in [3.63, 3.8) is 0 Å². The molecule has 0 radical (unpaired) electrons. The summed E-state index contributed by atoms with van der Waals surface area (Å²) in [6, 6.07) is 1.78. The lowest BCUT2D eigenvalue weighted by atomic mass is 10.3. The number of hydrogen-bond donors (Lipinski definition) is 0.